The van der Waals surface area contributed by atoms with Gasteiger partial charge in [0.25, 0.3) is 0 Å². The van der Waals surface area contributed by atoms with Gasteiger partial charge in [-0.15, -0.1) is 22.9 Å². The molecular formula is C11H19ClN2OS. The predicted octanol–water partition coefficient (Wildman–Crippen LogP) is 2.47. The Bertz CT molecular complexity index is 322. The van der Waals surface area contributed by atoms with Crippen LogP contribution in [-0.4, -0.2) is 33.7 Å². The van der Waals surface area contributed by atoms with Gasteiger partial charge in [0.15, 0.2) is 0 Å². The molecule has 0 fully saturated rings. The number of likely N-dealkylation sites (N-methyl/N-ethyl adjacent to an activating group) is 1. The first-order chi connectivity index (χ1) is 7.44. The molecule has 0 saturated heterocycles. The fraction of sp³-hybridized carbons (Fsp3) is 0.727. The van der Waals surface area contributed by atoms with Gasteiger partial charge in [-0.05, 0) is 20.4 Å². The van der Waals surface area contributed by atoms with Crippen LogP contribution in [0.25, 0.3) is 0 Å². The molecule has 1 rings (SSSR count). The SMILES string of the molecule is CCN(Cc1nc(CCl)cs1)CC(C)(C)O. The van der Waals surface area contributed by atoms with Gasteiger partial charge in [-0.25, -0.2) is 4.98 Å². The van der Waals surface area contributed by atoms with Crippen LogP contribution in [0.4, 0.5) is 0 Å². The molecule has 0 aliphatic heterocycles. The zero-order valence-corrected chi connectivity index (χ0v) is 11.6. The molecule has 0 spiro atoms. The maximum atomic E-state index is 9.77. The summed E-state index contributed by atoms with van der Waals surface area (Å²) < 4.78 is 0. The Morgan fingerprint density at radius 1 is 1.56 bits per heavy atom. The largest absolute Gasteiger partial charge is 0.389 e. The molecule has 0 saturated carbocycles. The highest BCUT2D eigenvalue weighted by molar-refractivity contribution is 7.09. The van der Waals surface area contributed by atoms with Crippen molar-refractivity contribution >= 4 is 22.9 Å². The van der Waals surface area contributed by atoms with Crippen molar-refractivity contribution in [2.75, 3.05) is 13.1 Å². The van der Waals surface area contributed by atoms with Crippen LogP contribution >= 0.6 is 22.9 Å². The Labute approximate surface area is 106 Å². The summed E-state index contributed by atoms with van der Waals surface area (Å²) >= 11 is 7.33. The van der Waals surface area contributed by atoms with E-state index >= 15 is 0 Å². The summed E-state index contributed by atoms with van der Waals surface area (Å²) in [5.74, 6) is 0.466. The molecule has 1 N–H and O–H groups in total. The van der Waals surface area contributed by atoms with E-state index in [0.717, 1.165) is 23.8 Å². The molecule has 0 bridgehead atoms. The first kappa shape index (κ1) is 13.9. The number of hydrogen-bond acceptors (Lipinski definition) is 4. The molecule has 3 nitrogen and oxygen atoms in total. The quantitative estimate of drug-likeness (QED) is 0.801. The Balaban J connectivity index is 2.56. The summed E-state index contributed by atoms with van der Waals surface area (Å²) in [6.45, 7) is 8.06. The topological polar surface area (TPSA) is 36.4 Å². The summed E-state index contributed by atoms with van der Waals surface area (Å²) in [6, 6.07) is 0. The minimum absolute atomic E-state index is 0.466. The van der Waals surface area contributed by atoms with E-state index in [1.54, 1.807) is 11.3 Å². The van der Waals surface area contributed by atoms with E-state index in [1.165, 1.54) is 0 Å². The van der Waals surface area contributed by atoms with Gasteiger partial charge in [0, 0.05) is 11.9 Å². The van der Waals surface area contributed by atoms with Crippen molar-refractivity contribution in [3.05, 3.63) is 16.1 Å². The van der Waals surface area contributed by atoms with Crippen molar-refractivity contribution in [2.24, 2.45) is 0 Å². The van der Waals surface area contributed by atoms with Gasteiger partial charge in [-0.1, -0.05) is 6.92 Å². The second-order valence-electron chi connectivity index (χ2n) is 4.48. The molecule has 0 aromatic carbocycles. The maximum absolute atomic E-state index is 9.77. The number of thiazole rings is 1. The third kappa shape index (κ3) is 4.78. The van der Waals surface area contributed by atoms with Gasteiger partial charge in [-0.3, -0.25) is 4.90 Å². The van der Waals surface area contributed by atoms with Gasteiger partial charge in [-0.2, -0.15) is 0 Å². The van der Waals surface area contributed by atoms with Crippen LogP contribution in [0.15, 0.2) is 5.38 Å². The molecule has 0 aliphatic carbocycles. The fourth-order valence-corrected chi connectivity index (χ4v) is 2.56. The fourth-order valence-electron chi connectivity index (χ4n) is 1.50. The number of aliphatic hydroxyl groups is 1. The Hall–Kier alpha value is -0.160. The normalized spacial score (nSPS) is 12.4. The number of aromatic nitrogens is 1. The highest BCUT2D eigenvalue weighted by Crippen LogP contribution is 2.15. The van der Waals surface area contributed by atoms with E-state index < -0.39 is 5.60 Å². The molecule has 1 heterocycles. The number of halogens is 1. The van der Waals surface area contributed by atoms with Gasteiger partial charge < -0.3 is 5.11 Å². The predicted molar refractivity (Wildman–Crippen MR) is 68.9 cm³/mol. The molecule has 1 aromatic heterocycles. The lowest BCUT2D eigenvalue weighted by Gasteiger charge is -2.27. The van der Waals surface area contributed by atoms with Crippen molar-refractivity contribution < 1.29 is 5.11 Å². The second kappa shape index (κ2) is 5.96. The summed E-state index contributed by atoms with van der Waals surface area (Å²) in [4.78, 5) is 6.59. The van der Waals surface area contributed by atoms with Crippen LogP contribution in [0.3, 0.4) is 0 Å². The number of alkyl halides is 1. The van der Waals surface area contributed by atoms with Crippen molar-refractivity contribution in [1.29, 1.82) is 0 Å². The number of rotatable bonds is 6. The molecule has 0 aliphatic rings. The van der Waals surface area contributed by atoms with Gasteiger partial charge in [0.1, 0.15) is 5.01 Å². The summed E-state index contributed by atoms with van der Waals surface area (Å²) in [6.07, 6.45) is 0. The third-order valence-corrected chi connectivity index (χ3v) is 3.31. The molecule has 0 amide bonds. The van der Waals surface area contributed by atoms with Crippen LogP contribution in [0.2, 0.25) is 0 Å². The lowest BCUT2D eigenvalue weighted by molar-refractivity contribution is 0.0353. The first-order valence-electron chi connectivity index (χ1n) is 5.38. The van der Waals surface area contributed by atoms with Crippen LogP contribution in [0.5, 0.6) is 0 Å². The van der Waals surface area contributed by atoms with Crippen molar-refractivity contribution in [2.45, 2.75) is 38.8 Å². The van der Waals surface area contributed by atoms with Crippen LogP contribution in [0.1, 0.15) is 31.5 Å². The van der Waals surface area contributed by atoms with E-state index in [1.807, 2.05) is 19.2 Å². The maximum Gasteiger partial charge on any atom is 0.107 e. The monoisotopic (exact) mass is 262 g/mol. The third-order valence-electron chi connectivity index (χ3n) is 2.15. The van der Waals surface area contributed by atoms with Crippen molar-refractivity contribution in [3.63, 3.8) is 0 Å². The Morgan fingerprint density at radius 3 is 2.69 bits per heavy atom. The molecule has 0 atom stereocenters. The highest BCUT2D eigenvalue weighted by atomic mass is 35.5. The molecular weight excluding hydrogens is 244 g/mol. The van der Waals surface area contributed by atoms with Gasteiger partial charge in [0.2, 0.25) is 0 Å². The molecule has 1 aromatic rings. The highest BCUT2D eigenvalue weighted by Gasteiger charge is 2.18. The summed E-state index contributed by atoms with van der Waals surface area (Å²) in [7, 11) is 0. The minimum atomic E-state index is -0.664. The average Bonchev–Trinajstić information content (AvgIpc) is 2.62. The molecule has 5 heteroatoms. The van der Waals surface area contributed by atoms with Gasteiger partial charge in [0.05, 0.1) is 23.7 Å². The molecule has 0 unspecified atom stereocenters. The number of hydrogen-bond donors (Lipinski definition) is 1. The average molecular weight is 263 g/mol. The summed E-state index contributed by atoms with van der Waals surface area (Å²) in [5.41, 5.74) is 0.267. The lowest BCUT2D eigenvalue weighted by Crippen LogP contribution is -2.38. The van der Waals surface area contributed by atoms with E-state index in [2.05, 4.69) is 16.8 Å². The van der Waals surface area contributed by atoms with Crippen molar-refractivity contribution in [1.82, 2.24) is 9.88 Å². The minimum Gasteiger partial charge on any atom is -0.389 e. The van der Waals surface area contributed by atoms with Crippen LogP contribution < -0.4 is 0 Å². The summed E-state index contributed by atoms with van der Waals surface area (Å²) in [5, 5.41) is 12.8. The van der Waals surface area contributed by atoms with Crippen LogP contribution in [-0.2, 0) is 12.4 Å². The first-order valence-corrected chi connectivity index (χ1v) is 6.80. The van der Waals surface area contributed by atoms with Gasteiger partial charge >= 0.3 is 0 Å². The van der Waals surface area contributed by atoms with E-state index in [0.29, 0.717) is 12.4 Å². The number of nitrogens with zero attached hydrogens (tertiary/aromatic N) is 2. The lowest BCUT2D eigenvalue weighted by atomic mass is 10.1. The van der Waals surface area contributed by atoms with E-state index in [9.17, 15) is 5.11 Å². The van der Waals surface area contributed by atoms with Crippen LogP contribution in [0, 0.1) is 0 Å². The van der Waals surface area contributed by atoms with E-state index in [4.69, 9.17) is 11.6 Å². The van der Waals surface area contributed by atoms with E-state index in [-0.39, 0.29) is 0 Å². The second-order valence-corrected chi connectivity index (χ2v) is 5.69. The van der Waals surface area contributed by atoms with Crippen molar-refractivity contribution in [3.8, 4) is 0 Å². The zero-order valence-electron chi connectivity index (χ0n) is 10.0. The smallest absolute Gasteiger partial charge is 0.107 e. The molecule has 0 radical (unpaired) electrons. The molecule has 92 valence electrons. The molecule has 16 heavy (non-hydrogen) atoms. The standard InChI is InChI=1S/C11H19ClN2OS/c1-4-14(8-11(2,3)15)6-10-13-9(5-12)7-16-10/h7,15H,4-6,8H2,1-3H3. The Morgan fingerprint density at radius 2 is 2.25 bits per heavy atom. The zero-order chi connectivity index (χ0) is 12.2. The Kier molecular flexibility index (Phi) is 5.18.